The van der Waals surface area contributed by atoms with Crippen molar-refractivity contribution in [2.45, 2.75) is 12.6 Å². The van der Waals surface area contributed by atoms with E-state index in [1.165, 1.54) is 12.1 Å². The number of aliphatic hydroxyl groups is 1. The van der Waals surface area contributed by atoms with Gasteiger partial charge < -0.3 is 28.3 Å². The number of rotatable bonds is 11. The first-order valence-electron chi connectivity index (χ1n) is 14.1. The molecule has 0 amide bonds. The minimum Gasteiger partial charge on any atom is -0.497 e. The number of hydrogen-bond acceptors (Lipinski definition) is 10. The van der Waals surface area contributed by atoms with Gasteiger partial charge in [0.2, 0.25) is 5.89 Å². The highest BCUT2D eigenvalue weighted by Gasteiger charge is 2.22. The number of piperazine rings is 1. The molecule has 43 heavy (non-hydrogen) atoms. The number of β-amino-alcohol motifs (C(OH)–C–C–N with tert-alkyl or cyclic N) is 1. The minimum atomic E-state index is -0.654. The SMILES string of the molecule is COc1ccc(-c2cc(CN3CCN(CC(O)COc4ccc5oc(-c6cccc(F)c6)nc5c4)CC3)on2)c(OC)c1. The Bertz CT molecular complexity index is 1680. The summed E-state index contributed by atoms with van der Waals surface area (Å²) in [7, 11) is 3.23. The Hall–Kier alpha value is -4.45. The molecule has 5 aromatic rings. The number of ether oxygens (including phenoxy) is 3. The van der Waals surface area contributed by atoms with Crippen LogP contribution in [0.2, 0.25) is 0 Å². The second-order valence-corrected chi connectivity index (χ2v) is 10.4. The average Bonchev–Trinajstić information content (AvgIpc) is 3.67. The molecule has 2 aromatic heterocycles. The lowest BCUT2D eigenvalue weighted by Crippen LogP contribution is -2.48. The topological polar surface area (TPSA) is 106 Å². The molecule has 1 aliphatic heterocycles. The minimum absolute atomic E-state index is 0.149. The standard InChI is InChI=1S/C32H33FN4O6/c1-39-24-6-8-27(31(17-24)40-2)28-16-26(43-35-28)19-37-12-10-36(11-13-37)18-23(38)20-41-25-7-9-30-29(15-25)34-32(42-30)21-4-3-5-22(33)14-21/h3-9,14-17,23,38H,10-13,18-20H2,1-2H3. The summed E-state index contributed by atoms with van der Waals surface area (Å²) in [6, 6.07) is 18.9. The van der Waals surface area contributed by atoms with E-state index in [2.05, 4.69) is 19.9 Å². The Morgan fingerprint density at radius 2 is 1.74 bits per heavy atom. The molecule has 3 aromatic carbocycles. The lowest BCUT2D eigenvalue weighted by atomic mass is 10.1. The Balaban J connectivity index is 0.966. The predicted octanol–water partition coefficient (Wildman–Crippen LogP) is 4.86. The summed E-state index contributed by atoms with van der Waals surface area (Å²) in [6.07, 6.45) is -0.654. The second-order valence-electron chi connectivity index (χ2n) is 10.4. The molecule has 224 valence electrons. The van der Waals surface area contributed by atoms with Crippen molar-refractivity contribution < 1.29 is 32.6 Å². The van der Waals surface area contributed by atoms with Gasteiger partial charge in [0.1, 0.15) is 47.0 Å². The van der Waals surface area contributed by atoms with Crippen molar-refractivity contribution in [2.24, 2.45) is 0 Å². The zero-order valence-corrected chi connectivity index (χ0v) is 24.0. The van der Waals surface area contributed by atoms with Gasteiger partial charge in [0.25, 0.3) is 0 Å². The third-order valence-corrected chi connectivity index (χ3v) is 7.43. The van der Waals surface area contributed by atoms with Crippen LogP contribution in [-0.4, -0.2) is 84.7 Å². The van der Waals surface area contributed by atoms with E-state index in [-0.39, 0.29) is 12.4 Å². The molecule has 1 aliphatic rings. The quantitative estimate of drug-likeness (QED) is 0.230. The molecule has 1 unspecified atom stereocenters. The summed E-state index contributed by atoms with van der Waals surface area (Å²) < 4.78 is 41.6. The molecule has 0 spiro atoms. The largest absolute Gasteiger partial charge is 0.497 e. The first-order chi connectivity index (χ1) is 21.0. The summed E-state index contributed by atoms with van der Waals surface area (Å²) in [5, 5.41) is 14.9. The van der Waals surface area contributed by atoms with Crippen LogP contribution < -0.4 is 14.2 Å². The summed E-state index contributed by atoms with van der Waals surface area (Å²) >= 11 is 0. The highest BCUT2D eigenvalue weighted by atomic mass is 19.1. The maximum Gasteiger partial charge on any atom is 0.227 e. The van der Waals surface area contributed by atoms with Crippen LogP contribution in [0.15, 0.2) is 75.7 Å². The first kappa shape index (κ1) is 28.7. The van der Waals surface area contributed by atoms with Crippen LogP contribution in [0, 0.1) is 5.82 Å². The van der Waals surface area contributed by atoms with Crippen molar-refractivity contribution in [3.05, 3.63) is 78.3 Å². The number of benzene rings is 3. The Morgan fingerprint density at radius 1 is 0.930 bits per heavy atom. The van der Waals surface area contributed by atoms with E-state index in [1.54, 1.807) is 44.6 Å². The van der Waals surface area contributed by atoms with Gasteiger partial charge in [-0.25, -0.2) is 9.37 Å². The lowest BCUT2D eigenvalue weighted by Gasteiger charge is -2.35. The monoisotopic (exact) mass is 588 g/mol. The smallest absolute Gasteiger partial charge is 0.227 e. The Labute approximate surface area is 248 Å². The van der Waals surface area contributed by atoms with Gasteiger partial charge in [-0.05, 0) is 42.5 Å². The molecule has 10 nitrogen and oxygen atoms in total. The second kappa shape index (κ2) is 12.8. The van der Waals surface area contributed by atoms with Crippen molar-refractivity contribution in [1.29, 1.82) is 0 Å². The van der Waals surface area contributed by atoms with Crippen LogP contribution in [0.1, 0.15) is 5.76 Å². The summed E-state index contributed by atoms with van der Waals surface area (Å²) in [6.45, 7) is 4.62. The molecule has 0 bridgehead atoms. The van der Waals surface area contributed by atoms with Gasteiger partial charge >= 0.3 is 0 Å². The number of oxazole rings is 1. The lowest BCUT2D eigenvalue weighted by molar-refractivity contribution is 0.0430. The molecule has 1 atom stereocenters. The molecule has 0 aliphatic carbocycles. The van der Waals surface area contributed by atoms with Gasteiger partial charge in [0, 0.05) is 62.0 Å². The molecule has 11 heteroatoms. The number of halogens is 1. The van der Waals surface area contributed by atoms with Gasteiger partial charge in [0.05, 0.1) is 20.8 Å². The molecule has 0 saturated carbocycles. The van der Waals surface area contributed by atoms with Crippen LogP contribution in [0.4, 0.5) is 4.39 Å². The normalized spacial score (nSPS) is 15.1. The van der Waals surface area contributed by atoms with Gasteiger partial charge in [0.15, 0.2) is 11.3 Å². The number of fused-ring (bicyclic) bond motifs is 1. The molecule has 3 heterocycles. The van der Waals surface area contributed by atoms with Gasteiger partial charge in [-0.1, -0.05) is 11.2 Å². The van der Waals surface area contributed by atoms with Crippen LogP contribution in [0.3, 0.4) is 0 Å². The fourth-order valence-electron chi connectivity index (χ4n) is 5.16. The molecule has 1 fully saturated rings. The third kappa shape index (κ3) is 6.80. The Morgan fingerprint density at radius 3 is 2.53 bits per heavy atom. The van der Waals surface area contributed by atoms with Gasteiger partial charge in [-0.3, -0.25) is 9.80 Å². The van der Waals surface area contributed by atoms with Crippen LogP contribution in [0.25, 0.3) is 33.8 Å². The van der Waals surface area contributed by atoms with Crippen LogP contribution in [-0.2, 0) is 6.54 Å². The maximum absolute atomic E-state index is 13.6. The number of aliphatic hydroxyl groups excluding tert-OH is 1. The molecule has 0 radical (unpaired) electrons. The van der Waals surface area contributed by atoms with E-state index in [9.17, 15) is 9.50 Å². The number of aromatic nitrogens is 2. The molecular formula is C32H33FN4O6. The predicted molar refractivity (Wildman–Crippen MR) is 158 cm³/mol. The van der Waals surface area contributed by atoms with E-state index in [0.717, 1.165) is 37.5 Å². The fourth-order valence-corrected chi connectivity index (χ4v) is 5.16. The molecule has 1 N–H and O–H groups in total. The first-order valence-corrected chi connectivity index (χ1v) is 14.1. The highest BCUT2D eigenvalue weighted by molar-refractivity contribution is 5.77. The van der Waals surface area contributed by atoms with E-state index in [0.29, 0.717) is 58.6 Å². The van der Waals surface area contributed by atoms with Crippen molar-refractivity contribution in [2.75, 3.05) is 53.6 Å². The Kier molecular flexibility index (Phi) is 8.55. The molecule has 6 rings (SSSR count). The fraction of sp³-hybridized carbons (Fsp3) is 0.312. The van der Waals surface area contributed by atoms with Gasteiger partial charge in [-0.15, -0.1) is 0 Å². The van der Waals surface area contributed by atoms with Crippen molar-refractivity contribution in [1.82, 2.24) is 19.9 Å². The molecule has 1 saturated heterocycles. The van der Waals surface area contributed by atoms with Gasteiger partial charge in [-0.2, -0.15) is 0 Å². The molecular weight excluding hydrogens is 555 g/mol. The van der Waals surface area contributed by atoms with Crippen LogP contribution >= 0.6 is 0 Å². The zero-order valence-electron chi connectivity index (χ0n) is 24.0. The van der Waals surface area contributed by atoms with E-state index >= 15 is 0 Å². The summed E-state index contributed by atoms with van der Waals surface area (Å²) in [5.41, 5.74) is 3.30. The summed E-state index contributed by atoms with van der Waals surface area (Å²) in [5.74, 6) is 2.73. The van der Waals surface area contributed by atoms with Crippen molar-refractivity contribution in [3.8, 4) is 40.0 Å². The van der Waals surface area contributed by atoms with E-state index < -0.39 is 6.10 Å². The van der Waals surface area contributed by atoms with Crippen molar-refractivity contribution >= 4 is 11.1 Å². The highest BCUT2D eigenvalue weighted by Crippen LogP contribution is 2.33. The maximum atomic E-state index is 13.6. The number of methoxy groups -OCH3 is 2. The average molecular weight is 589 g/mol. The zero-order chi connectivity index (χ0) is 29.8. The van der Waals surface area contributed by atoms with E-state index in [4.69, 9.17) is 23.2 Å². The summed E-state index contributed by atoms with van der Waals surface area (Å²) in [4.78, 5) is 9.00. The van der Waals surface area contributed by atoms with E-state index in [1.807, 2.05) is 24.3 Å². The van der Waals surface area contributed by atoms with Crippen molar-refractivity contribution in [3.63, 3.8) is 0 Å². The number of nitrogens with zero attached hydrogens (tertiary/aromatic N) is 4. The third-order valence-electron chi connectivity index (χ3n) is 7.43. The van der Waals surface area contributed by atoms with Crippen LogP contribution in [0.5, 0.6) is 17.2 Å². The number of hydrogen-bond donors (Lipinski definition) is 1.